The molecule has 0 bridgehead atoms. The number of carbonyl (C=O) groups is 2. The van der Waals surface area contributed by atoms with E-state index in [1.54, 1.807) is 24.5 Å². The Hall–Kier alpha value is -1.37. The van der Waals surface area contributed by atoms with Crippen LogP contribution in [0.3, 0.4) is 0 Å². The van der Waals surface area contributed by atoms with E-state index in [1.807, 2.05) is 0 Å². The second-order valence-electron chi connectivity index (χ2n) is 5.15. The monoisotopic (exact) mass is 348 g/mol. The minimum Gasteiger partial charge on any atom is -0.354 e. The first kappa shape index (κ1) is 20.6. The average Bonchev–Trinajstić information content (AvgIpc) is 2.88. The number of rotatable bonds is 5. The van der Waals surface area contributed by atoms with Crippen LogP contribution in [0.25, 0.3) is 0 Å². The van der Waals surface area contributed by atoms with Crippen LogP contribution in [0.5, 0.6) is 0 Å². The highest BCUT2D eigenvalue weighted by Gasteiger charge is 2.36. The first-order valence-electron chi connectivity index (χ1n) is 6.87. The number of anilines is 1. The molecule has 8 heteroatoms. The van der Waals surface area contributed by atoms with E-state index in [4.69, 9.17) is 5.73 Å². The number of nitrogens with one attached hydrogen (secondary N) is 2. The van der Waals surface area contributed by atoms with Crippen LogP contribution in [0, 0.1) is 0 Å². The number of aromatic nitrogens is 1. The molecule has 1 heterocycles. The molecule has 1 aliphatic carbocycles. The second-order valence-corrected chi connectivity index (χ2v) is 5.15. The third-order valence-corrected chi connectivity index (χ3v) is 3.55. The number of hydrogen-bond donors (Lipinski definition) is 3. The maximum absolute atomic E-state index is 11.9. The van der Waals surface area contributed by atoms with Gasteiger partial charge in [0.05, 0.1) is 5.54 Å². The molecular weight excluding hydrogens is 327 g/mol. The lowest BCUT2D eigenvalue weighted by molar-refractivity contribution is -0.126. The third-order valence-electron chi connectivity index (χ3n) is 3.55. The zero-order valence-corrected chi connectivity index (χ0v) is 13.8. The number of nitrogens with two attached hydrogens (primary N) is 1. The van der Waals surface area contributed by atoms with Crippen LogP contribution in [0.1, 0.15) is 32.1 Å². The summed E-state index contributed by atoms with van der Waals surface area (Å²) >= 11 is 0. The van der Waals surface area contributed by atoms with Crippen molar-refractivity contribution in [2.75, 3.05) is 11.9 Å². The van der Waals surface area contributed by atoms with E-state index in [-0.39, 0.29) is 43.0 Å². The van der Waals surface area contributed by atoms with E-state index >= 15 is 0 Å². The van der Waals surface area contributed by atoms with Gasteiger partial charge in [0.1, 0.15) is 0 Å². The molecule has 0 aromatic carbocycles. The van der Waals surface area contributed by atoms with Crippen molar-refractivity contribution >= 4 is 42.3 Å². The van der Waals surface area contributed by atoms with Gasteiger partial charge in [-0.25, -0.2) is 0 Å². The minimum absolute atomic E-state index is 0. The van der Waals surface area contributed by atoms with E-state index in [0.29, 0.717) is 12.2 Å². The molecule has 1 aromatic rings. The van der Waals surface area contributed by atoms with E-state index in [9.17, 15) is 9.59 Å². The summed E-state index contributed by atoms with van der Waals surface area (Å²) in [5, 5.41) is 5.48. The standard InChI is InChI=1S/C14H20N4O2.2ClH/c15-14(6-1-2-7-14)13(20)17-10-5-12(19)18-11-3-8-16-9-4-11;;/h3-4,8-9H,1-2,5-7,10,15H2,(H,17,20)(H,16,18,19);2*1H. The van der Waals surface area contributed by atoms with Crippen LogP contribution >= 0.6 is 24.8 Å². The SMILES string of the molecule is Cl.Cl.NC1(C(=O)NCCC(=O)Nc2ccncc2)CCCC1. The number of amides is 2. The molecule has 2 rings (SSSR count). The van der Waals surface area contributed by atoms with Gasteiger partial charge in [-0.3, -0.25) is 14.6 Å². The Kier molecular flexibility index (Phi) is 9.01. The lowest BCUT2D eigenvalue weighted by atomic mass is 9.98. The fourth-order valence-electron chi connectivity index (χ4n) is 2.36. The Balaban J connectivity index is 0.00000220. The van der Waals surface area contributed by atoms with Crippen LogP contribution in [0.2, 0.25) is 0 Å². The minimum atomic E-state index is -0.735. The van der Waals surface area contributed by atoms with Gasteiger partial charge in [-0.05, 0) is 25.0 Å². The fourth-order valence-corrected chi connectivity index (χ4v) is 2.36. The highest BCUT2D eigenvalue weighted by molar-refractivity contribution is 5.91. The second kappa shape index (κ2) is 9.61. The molecule has 1 aromatic heterocycles. The van der Waals surface area contributed by atoms with Crippen LogP contribution in [0.15, 0.2) is 24.5 Å². The van der Waals surface area contributed by atoms with Crippen molar-refractivity contribution in [3.8, 4) is 0 Å². The number of nitrogens with zero attached hydrogens (tertiary/aromatic N) is 1. The van der Waals surface area contributed by atoms with E-state index < -0.39 is 5.54 Å². The summed E-state index contributed by atoms with van der Waals surface area (Å²) in [7, 11) is 0. The molecule has 0 spiro atoms. The van der Waals surface area contributed by atoms with Gasteiger partial charge in [0, 0.05) is 31.0 Å². The normalized spacial score (nSPS) is 15.1. The molecule has 4 N–H and O–H groups in total. The summed E-state index contributed by atoms with van der Waals surface area (Å²) in [6.07, 6.45) is 6.87. The summed E-state index contributed by atoms with van der Waals surface area (Å²) in [5.41, 5.74) is 5.99. The van der Waals surface area contributed by atoms with Gasteiger partial charge in [-0.15, -0.1) is 24.8 Å². The first-order valence-corrected chi connectivity index (χ1v) is 6.87. The summed E-state index contributed by atoms with van der Waals surface area (Å²) in [6.45, 7) is 0.300. The summed E-state index contributed by atoms with van der Waals surface area (Å²) in [4.78, 5) is 27.5. The van der Waals surface area contributed by atoms with Crippen molar-refractivity contribution in [2.24, 2.45) is 5.73 Å². The zero-order valence-electron chi connectivity index (χ0n) is 12.2. The highest BCUT2D eigenvalue weighted by atomic mass is 35.5. The molecule has 22 heavy (non-hydrogen) atoms. The van der Waals surface area contributed by atoms with Gasteiger partial charge in [-0.2, -0.15) is 0 Å². The first-order chi connectivity index (χ1) is 9.60. The molecule has 0 radical (unpaired) electrons. The molecule has 124 valence electrons. The molecule has 0 unspecified atom stereocenters. The molecule has 0 atom stereocenters. The number of halogens is 2. The molecule has 1 saturated carbocycles. The van der Waals surface area contributed by atoms with E-state index in [2.05, 4.69) is 15.6 Å². The Morgan fingerprint density at radius 3 is 2.36 bits per heavy atom. The molecule has 0 saturated heterocycles. The van der Waals surface area contributed by atoms with Crippen LogP contribution < -0.4 is 16.4 Å². The summed E-state index contributed by atoms with van der Waals surface area (Å²) in [6, 6.07) is 3.42. The lowest BCUT2D eigenvalue weighted by Crippen LogP contribution is -2.52. The smallest absolute Gasteiger partial charge is 0.240 e. The molecule has 6 nitrogen and oxygen atoms in total. The highest BCUT2D eigenvalue weighted by Crippen LogP contribution is 2.27. The van der Waals surface area contributed by atoms with Gasteiger partial charge >= 0.3 is 0 Å². The Labute approximate surface area is 142 Å². The van der Waals surface area contributed by atoms with Crippen molar-refractivity contribution in [3.63, 3.8) is 0 Å². The maximum atomic E-state index is 11.9. The fraction of sp³-hybridized carbons (Fsp3) is 0.500. The van der Waals surface area contributed by atoms with E-state index in [0.717, 1.165) is 25.7 Å². The quantitative estimate of drug-likeness (QED) is 0.753. The van der Waals surface area contributed by atoms with Crippen LogP contribution in [-0.4, -0.2) is 28.9 Å². The molecule has 1 aliphatic rings. The van der Waals surface area contributed by atoms with Crippen molar-refractivity contribution in [3.05, 3.63) is 24.5 Å². The number of pyridine rings is 1. The number of carbonyl (C=O) groups excluding carboxylic acids is 2. The predicted molar refractivity (Wildman–Crippen MR) is 90.4 cm³/mol. The van der Waals surface area contributed by atoms with Gasteiger partial charge < -0.3 is 16.4 Å². The number of hydrogen-bond acceptors (Lipinski definition) is 4. The third kappa shape index (κ3) is 5.79. The van der Waals surface area contributed by atoms with E-state index in [1.165, 1.54) is 0 Å². The maximum Gasteiger partial charge on any atom is 0.240 e. The lowest BCUT2D eigenvalue weighted by Gasteiger charge is -2.22. The summed E-state index contributed by atoms with van der Waals surface area (Å²) < 4.78 is 0. The predicted octanol–water partition coefficient (Wildman–Crippen LogP) is 1.64. The van der Waals surface area contributed by atoms with Gasteiger partial charge in [0.15, 0.2) is 0 Å². The Bertz CT molecular complexity index is 479. The van der Waals surface area contributed by atoms with Gasteiger partial charge in [-0.1, -0.05) is 12.8 Å². The largest absolute Gasteiger partial charge is 0.354 e. The molecular formula is C14H22Cl2N4O2. The van der Waals surface area contributed by atoms with Crippen molar-refractivity contribution < 1.29 is 9.59 Å². The molecule has 0 aliphatic heterocycles. The Morgan fingerprint density at radius 2 is 1.77 bits per heavy atom. The van der Waals surface area contributed by atoms with Crippen molar-refractivity contribution in [2.45, 2.75) is 37.6 Å². The van der Waals surface area contributed by atoms with Crippen molar-refractivity contribution in [1.29, 1.82) is 0 Å². The van der Waals surface area contributed by atoms with Crippen LogP contribution in [0.4, 0.5) is 5.69 Å². The van der Waals surface area contributed by atoms with Crippen LogP contribution in [-0.2, 0) is 9.59 Å². The van der Waals surface area contributed by atoms with Gasteiger partial charge in [0.25, 0.3) is 0 Å². The summed E-state index contributed by atoms with van der Waals surface area (Å²) in [5.74, 6) is -0.291. The Morgan fingerprint density at radius 1 is 1.18 bits per heavy atom. The zero-order chi connectivity index (χ0) is 14.4. The average molecular weight is 349 g/mol. The molecule has 2 amide bonds. The van der Waals surface area contributed by atoms with Crippen molar-refractivity contribution in [1.82, 2.24) is 10.3 Å². The molecule has 1 fully saturated rings. The topological polar surface area (TPSA) is 97.1 Å². The van der Waals surface area contributed by atoms with Gasteiger partial charge in [0.2, 0.25) is 11.8 Å².